The highest BCUT2D eigenvalue weighted by Crippen LogP contribution is 2.25. The zero-order valence-electron chi connectivity index (χ0n) is 14.0. The fraction of sp³-hybridized carbons (Fsp3) is 0. The Bertz CT molecular complexity index is 1140. The van der Waals surface area contributed by atoms with Gasteiger partial charge in [-0.3, -0.25) is 19.6 Å². The van der Waals surface area contributed by atoms with E-state index in [2.05, 4.69) is 10.0 Å². The lowest BCUT2D eigenvalue weighted by Crippen LogP contribution is -2.14. The number of halogens is 1. The van der Waals surface area contributed by atoms with Gasteiger partial charge in [0.2, 0.25) is 0 Å². The second kappa shape index (κ2) is 7.97. The molecule has 144 valence electrons. The van der Waals surface area contributed by atoms with E-state index in [-0.39, 0.29) is 20.5 Å². The molecule has 0 saturated heterocycles. The molecule has 28 heavy (non-hydrogen) atoms. The average molecular weight is 438 g/mol. The van der Waals surface area contributed by atoms with E-state index in [1.807, 2.05) is 0 Å². The topological polar surface area (TPSA) is 118 Å². The Morgan fingerprint density at radius 3 is 2.39 bits per heavy atom. The molecular formula is C17H12ClN3O5S2. The highest BCUT2D eigenvalue weighted by molar-refractivity contribution is 7.92. The van der Waals surface area contributed by atoms with Crippen LogP contribution in [0, 0.1) is 10.1 Å². The number of nitro groups is 1. The largest absolute Gasteiger partial charge is 0.324 e. The van der Waals surface area contributed by atoms with Crippen LogP contribution in [0.4, 0.5) is 16.4 Å². The normalized spacial score (nSPS) is 11.0. The number of thiophene rings is 1. The summed E-state index contributed by atoms with van der Waals surface area (Å²) in [4.78, 5) is 22.4. The molecule has 0 spiro atoms. The number of nitrogens with one attached hydrogen (secondary N) is 2. The van der Waals surface area contributed by atoms with Gasteiger partial charge in [0.15, 0.2) is 0 Å². The van der Waals surface area contributed by atoms with E-state index in [4.69, 9.17) is 11.6 Å². The number of nitrogens with zero attached hydrogens (tertiary/aromatic N) is 1. The van der Waals surface area contributed by atoms with Crippen molar-refractivity contribution in [3.05, 3.63) is 80.7 Å². The van der Waals surface area contributed by atoms with Crippen molar-refractivity contribution in [1.29, 1.82) is 0 Å². The fourth-order valence-electron chi connectivity index (χ4n) is 2.21. The van der Waals surface area contributed by atoms with E-state index in [1.54, 1.807) is 12.1 Å². The van der Waals surface area contributed by atoms with Crippen molar-refractivity contribution in [1.82, 2.24) is 0 Å². The quantitative estimate of drug-likeness (QED) is 0.438. The van der Waals surface area contributed by atoms with Gasteiger partial charge in [0.05, 0.1) is 14.7 Å². The van der Waals surface area contributed by atoms with Gasteiger partial charge in [-0.15, -0.1) is 0 Å². The Morgan fingerprint density at radius 2 is 1.75 bits per heavy atom. The highest BCUT2D eigenvalue weighted by Gasteiger charge is 2.18. The van der Waals surface area contributed by atoms with Gasteiger partial charge in [-0.25, -0.2) is 8.42 Å². The number of anilines is 2. The maximum Gasteiger partial charge on any atom is 0.324 e. The SMILES string of the molecule is O=C(Nc1cccc(S(=O)(=O)Nc2ccc(Cl)cc2)c1)c1ccc([N+](=O)[O-])s1. The van der Waals surface area contributed by atoms with Gasteiger partial charge in [-0.2, -0.15) is 0 Å². The van der Waals surface area contributed by atoms with Crippen molar-refractivity contribution in [3.63, 3.8) is 0 Å². The molecule has 0 unspecified atom stereocenters. The van der Waals surface area contributed by atoms with Gasteiger partial charge in [-0.1, -0.05) is 29.0 Å². The molecule has 1 aromatic heterocycles. The minimum atomic E-state index is -3.89. The maximum atomic E-state index is 12.5. The van der Waals surface area contributed by atoms with Crippen LogP contribution in [0.25, 0.3) is 0 Å². The minimum Gasteiger partial charge on any atom is -0.321 e. The van der Waals surface area contributed by atoms with Crippen LogP contribution in [-0.4, -0.2) is 19.2 Å². The first kappa shape index (κ1) is 19.8. The molecule has 2 aromatic carbocycles. The highest BCUT2D eigenvalue weighted by atomic mass is 35.5. The zero-order valence-corrected chi connectivity index (χ0v) is 16.3. The Labute approximate surface area is 169 Å². The molecule has 0 saturated carbocycles. The number of hydrogen-bond acceptors (Lipinski definition) is 6. The molecule has 0 radical (unpaired) electrons. The molecule has 0 bridgehead atoms. The molecule has 3 rings (SSSR count). The second-order valence-corrected chi connectivity index (χ2v) is 8.67. The summed E-state index contributed by atoms with van der Waals surface area (Å²) >= 11 is 6.51. The average Bonchev–Trinajstić information content (AvgIpc) is 3.14. The summed E-state index contributed by atoms with van der Waals surface area (Å²) in [5.74, 6) is -0.571. The van der Waals surface area contributed by atoms with Crippen LogP contribution in [-0.2, 0) is 10.0 Å². The lowest BCUT2D eigenvalue weighted by molar-refractivity contribution is -0.380. The molecule has 0 aliphatic rings. The fourth-order valence-corrected chi connectivity index (χ4v) is 4.16. The van der Waals surface area contributed by atoms with Crippen LogP contribution in [0.15, 0.2) is 65.6 Å². The Kier molecular flexibility index (Phi) is 5.63. The molecule has 1 heterocycles. The third-order valence-corrected chi connectivity index (χ3v) is 6.16. The van der Waals surface area contributed by atoms with Gasteiger partial charge < -0.3 is 5.32 Å². The molecule has 0 aliphatic carbocycles. The van der Waals surface area contributed by atoms with Gasteiger partial charge in [0, 0.05) is 22.5 Å². The Hall–Kier alpha value is -2.95. The lowest BCUT2D eigenvalue weighted by atomic mass is 10.3. The lowest BCUT2D eigenvalue weighted by Gasteiger charge is -2.10. The summed E-state index contributed by atoms with van der Waals surface area (Å²) in [7, 11) is -3.89. The summed E-state index contributed by atoms with van der Waals surface area (Å²) in [6, 6.07) is 14.4. The molecule has 0 fully saturated rings. The van der Waals surface area contributed by atoms with Crippen molar-refractivity contribution in [2.75, 3.05) is 10.0 Å². The molecule has 11 heteroatoms. The summed E-state index contributed by atoms with van der Waals surface area (Å²) in [5, 5.41) is 13.6. The van der Waals surface area contributed by atoms with Gasteiger partial charge >= 0.3 is 5.00 Å². The van der Waals surface area contributed by atoms with E-state index in [9.17, 15) is 23.3 Å². The third kappa shape index (κ3) is 4.66. The number of amides is 1. The van der Waals surface area contributed by atoms with Crippen LogP contribution >= 0.6 is 22.9 Å². The Morgan fingerprint density at radius 1 is 1.04 bits per heavy atom. The number of carbonyl (C=O) groups is 1. The van der Waals surface area contributed by atoms with E-state index in [0.717, 1.165) is 11.3 Å². The summed E-state index contributed by atoms with van der Waals surface area (Å²) in [5.41, 5.74) is 0.574. The van der Waals surface area contributed by atoms with E-state index in [1.165, 1.54) is 48.5 Å². The van der Waals surface area contributed by atoms with Gasteiger partial charge in [-0.05, 0) is 48.5 Å². The molecule has 0 aliphatic heterocycles. The maximum absolute atomic E-state index is 12.5. The van der Waals surface area contributed by atoms with E-state index < -0.39 is 20.9 Å². The summed E-state index contributed by atoms with van der Waals surface area (Å²) in [6.45, 7) is 0. The number of benzene rings is 2. The molecule has 2 N–H and O–H groups in total. The minimum absolute atomic E-state index is 0.0580. The summed E-state index contributed by atoms with van der Waals surface area (Å²) in [6.07, 6.45) is 0. The van der Waals surface area contributed by atoms with Gasteiger partial charge in [0.25, 0.3) is 15.9 Å². The van der Waals surface area contributed by atoms with Crippen LogP contribution in [0.2, 0.25) is 5.02 Å². The molecule has 1 amide bonds. The second-order valence-electron chi connectivity index (χ2n) is 5.49. The standard InChI is InChI=1S/C17H12ClN3O5S2/c18-11-4-6-12(7-5-11)20-28(25,26)14-3-1-2-13(10-14)19-17(22)15-8-9-16(27-15)21(23)24/h1-10,20H,(H,19,22). The van der Waals surface area contributed by atoms with Crippen LogP contribution in [0.3, 0.4) is 0 Å². The van der Waals surface area contributed by atoms with E-state index >= 15 is 0 Å². The molecular weight excluding hydrogens is 426 g/mol. The first-order valence-electron chi connectivity index (χ1n) is 7.69. The van der Waals surface area contributed by atoms with Crippen LogP contribution in [0.1, 0.15) is 9.67 Å². The molecule has 8 nitrogen and oxygen atoms in total. The van der Waals surface area contributed by atoms with Gasteiger partial charge in [0.1, 0.15) is 0 Å². The first-order chi connectivity index (χ1) is 13.2. The smallest absolute Gasteiger partial charge is 0.321 e. The van der Waals surface area contributed by atoms with Crippen molar-refractivity contribution < 1.29 is 18.1 Å². The number of carbonyl (C=O) groups excluding carboxylic acids is 1. The Balaban J connectivity index is 1.78. The number of rotatable bonds is 6. The summed E-state index contributed by atoms with van der Waals surface area (Å²) < 4.78 is 27.5. The predicted molar refractivity (Wildman–Crippen MR) is 108 cm³/mol. The van der Waals surface area contributed by atoms with Crippen LogP contribution in [0.5, 0.6) is 0 Å². The van der Waals surface area contributed by atoms with Crippen molar-refractivity contribution in [2.24, 2.45) is 0 Å². The van der Waals surface area contributed by atoms with E-state index in [0.29, 0.717) is 10.7 Å². The zero-order chi connectivity index (χ0) is 20.3. The first-order valence-corrected chi connectivity index (χ1v) is 10.4. The molecule has 0 atom stereocenters. The third-order valence-electron chi connectivity index (χ3n) is 3.49. The number of hydrogen-bond donors (Lipinski definition) is 2. The number of sulfonamides is 1. The van der Waals surface area contributed by atoms with Crippen molar-refractivity contribution >= 4 is 55.2 Å². The van der Waals surface area contributed by atoms with Crippen molar-refractivity contribution in [2.45, 2.75) is 4.90 Å². The monoisotopic (exact) mass is 437 g/mol. The van der Waals surface area contributed by atoms with Crippen molar-refractivity contribution in [3.8, 4) is 0 Å². The predicted octanol–water partition coefficient (Wildman–Crippen LogP) is 4.36. The van der Waals surface area contributed by atoms with Crippen LogP contribution < -0.4 is 10.0 Å². The molecule has 3 aromatic rings.